The molecule has 3 N–H and O–H groups in total. The molecule has 1 atom stereocenters. The summed E-state index contributed by atoms with van der Waals surface area (Å²) in [5, 5.41) is 13.4. The Bertz CT molecular complexity index is 1220. The average molecular weight is 516 g/mol. The Labute approximate surface area is 211 Å². The van der Waals surface area contributed by atoms with E-state index in [1.807, 2.05) is 28.8 Å². The van der Waals surface area contributed by atoms with E-state index in [4.69, 9.17) is 17.3 Å². The van der Waals surface area contributed by atoms with Crippen molar-refractivity contribution in [2.75, 3.05) is 11.1 Å². The van der Waals surface area contributed by atoms with E-state index in [9.17, 15) is 9.59 Å². The second-order valence-electron chi connectivity index (χ2n) is 8.36. The van der Waals surface area contributed by atoms with Gasteiger partial charge in [0.25, 0.3) is 5.91 Å². The van der Waals surface area contributed by atoms with E-state index in [0.717, 1.165) is 41.1 Å². The standard InChI is InChI=1S/C24H26ClN5O2S2/c1-3-10-30-19(12-15-5-7-16(25)8-6-15)28-29-24(30)33-13-20(31)27-23-21(22(26)32)17-9-4-14(2)11-18(17)34-23/h3,5-8,14H,1,4,9-13H2,2H3,(H2,26,32)(H,27,31). The number of carbonyl (C=O) groups excluding carboxylic acids is 2. The lowest BCUT2D eigenvalue weighted by atomic mass is 9.88. The van der Waals surface area contributed by atoms with Gasteiger partial charge in [-0.05, 0) is 48.4 Å². The van der Waals surface area contributed by atoms with Crippen molar-refractivity contribution in [3.63, 3.8) is 0 Å². The van der Waals surface area contributed by atoms with Crippen LogP contribution in [0, 0.1) is 5.92 Å². The number of anilines is 1. The molecule has 2 aromatic heterocycles. The number of nitrogens with one attached hydrogen (secondary N) is 1. The first-order valence-electron chi connectivity index (χ1n) is 11.0. The predicted molar refractivity (Wildman–Crippen MR) is 138 cm³/mol. The van der Waals surface area contributed by atoms with Gasteiger partial charge in [-0.3, -0.25) is 9.59 Å². The number of hydrogen-bond donors (Lipinski definition) is 2. The first kappa shape index (κ1) is 24.5. The maximum atomic E-state index is 12.8. The number of amides is 2. The highest BCUT2D eigenvalue weighted by molar-refractivity contribution is 7.99. The highest BCUT2D eigenvalue weighted by atomic mass is 35.5. The third-order valence-electron chi connectivity index (χ3n) is 5.72. The molecule has 0 aliphatic heterocycles. The molecule has 4 rings (SSSR count). The number of hydrogen-bond acceptors (Lipinski definition) is 6. The summed E-state index contributed by atoms with van der Waals surface area (Å²) in [6, 6.07) is 7.59. The van der Waals surface area contributed by atoms with Gasteiger partial charge >= 0.3 is 0 Å². The van der Waals surface area contributed by atoms with Crippen molar-refractivity contribution in [3.05, 3.63) is 69.3 Å². The Kier molecular flexibility index (Phi) is 7.75. The number of fused-ring (bicyclic) bond motifs is 1. The van der Waals surface area contributed by atoms with Gasteiger partial charge in [0.15, 0.2) is 5.16 Å². The van der Waals surface area contributed by atoms with Crippen molar-refractivity contribution in [3.8, 4) is 0 Å². The molecule has 34 heavy (non-hydrogen) atoms. The van der Waals surface area contributed by atoms with Crippen molar-refractivity contribution in [1.82, 2.24) is 14.8 Å². The van der Waals surface area contributed by atoms with Crippen LogP contribution in [0.3, 0.4) is 0 Å². The molecule has 2 heterocycles. The zero-order valence-electron chi connectivity index (χ0n) is 18.8. The average Bonchev–Trinajstić information content (AvgIpc) is 3.34. The van der Waals surface area contributed by atoms with E-state index in [1.54, 1.807) is 6.08 Å². The van der Waals surface area contributed by atoms with Crippen LogP contribution in [0.4, 0.5) is 5.00 Å². The molecule has 7 nitrogen and oxygen atoms in total. The fourth-order valence-corrected chi connectivity index (χ4v) is 6.37. The molecule has 178 valence electrons. The number of carbonyl (C=O) groups is 2. The Balaban J connectivity index is 1.45. The summed E-state index contributed by atoms with van der Waals surface area (Å²) in [6.45, 7) is 6.55. The number of allylic oxidation sites excluding steroid dienone is 1. The molecule has 1 aliphatic carbocycles. The number of thioether (sulfide) groups is 1. The van der Waals surface area contributed by atoms with E-state index in [1.165, 1.54) is 23.1 Å². The zero-order valence-corrected chi connectivity index (χ0v) is 21.2. The van der Waals surface area contributed by atoms with E-state index in [-0.39, 0.29) is 11.7 Å². The van der Waals surface area contributed by atoms with Gasteiger partial charge in [0.1, 0.15) is 10.8 Å². The van der Waals surface area contributed by atoms with Crippen LogP contribution in [0.5, 0.6) is 0 Å². The molecule has 1 aliphatic rings. The number of primary amides is 1. The second-order valence-corrected chi connectivity index (χ2v) is 10.8. The molecular formula is C24H26ClN5O2S2. The molecule has 0 saturated heterocycles. The van der Waals surface area contributed by atoms with Gasteiger partial charge in [-0.2, -0.15) is 0 Å². The maximum absolute atomic E-state index is 12.8. The number of nitrogens with zero attached hydrogens (tertiary/aromatic N) is 3. The number of thiophene rings is 1. The minimum atomic E-state index is -0.493. The fourth-order valence-electron chi connectivity index (χ4n) is 4.05. The summed E-state index contributed by atoms with van der Waals surface area (Å²) in [6.07, 6.45) is 5.11. The van der Waals surface area contributed by atoms with Crippen LogP contribution in [-0.4, -0.2) is 32.3 Å². The number of aromatic nitrogens is 3. The smallest absolute Gasteiger partial charge is 0.251 e. The SMILES string of the molecule is C=CCn1c(Cc2ccc(Cl)cc2)nnc1SCC(=O)Nc1sc2c(c1C(N)=O)CCC(C)C2. The molecule has 0 bridgehead atoms. The van der Waals surface area contributed by atoms with Crippen LogP contribution in [0.25, 0.3) is 0 Å². The number of rotatable bonds is 9. The van der Waals surface area contributed by atoms with Crippen molar-refractivity contribution in [2.24, 2.45) is 11.7 Å². The van der Waals surface area contributed by atoms with Crippen LogP contribution >= 0.6 is 34.7 Å². The summed E-state index contributed by atoms with van der Waals surface area (Å²) in [5.41, 5.74) is 8.18. The Hall–Kier alpha value is -2.62. The number of nitrogens with two attached hydrogens (primary N) is 1. The van der Waals surface area contributed by atoms with Gasteiger partial charge in [0, 0.05) is 22.9 Å². The van der Waals surface area contributed by atoms with Gasteiger partial charge in [-0.15, -0.1) is 28.1 Å². The van der Waals surface area contributed by atoms with Crippen molar-refractivity contribution in [1.29, 1.82) is 0 Å². The molecule has 0 fully saturated rings. The highest BCUT2D eigenvalue weighted by Crippen LogP contribution is 2.39. The minimum absolute atomic E-state index is 0.132. The summed E-state index contributed by atoms with van der Waals surface area (Å²) in [5.74, 6) is 0.762. The Morgan fingerprint density at radius 2 is 2.12 bits per heavy atom. The molecule has 0 spiro atoms. The predicted octanol–water partition coefficient (Wildman–Crippen LogP) is 4.72. The summed E-state index contributed by atoms with van der Waals surface area (Å²) in [7, 11) is 0. The second kappa shape index (κ2) is 10.8. The normalized spacial score (nSPS) is 15.1. The van der Waals surface area contributed by atoms with E-state index in [2.05, 4.69) is 29.0 Å². The lowest BCUT2D eigenvalue weighted by molar-refractivity contribution is -0.113. The van der Waals surface area contributed by atoms with Crippen LogP contribution < -0.4 is 11.1 Å². The van der Waals surface area contributed by atoms with Crippen molar-refractivity contribution < 1.29 is 9.59 Å². The summed E-state index contributed by atoms with van der Waals surface area (Å²) in [4.78, 5) is 26.0. The van der Waals surface area contributed by atoms with Crippen LogP contribution in [0.2, 0.25) is 5.02 Å². The van der Waals surface area contributed by atoms with Gasteiger partial charge in [-0.1, -0.05) is 48.5 Å². The number of benzene rings is 1. The van der Waals surface area contributed by atoms with Gasteiger partial charge < -0.3 is 15.6 Å². The van der Waals surface area contributed by atoms with E-state index in [0.29, 0.717) is 39.6 Å². The topological polar surface area (TPSA) is 103 Å². The van der Waals surface area contributed by atoms with E-state index < -0.39 is 5.91 Å². The number of halogens is 1. The largest absolute Gasteiger partial charge is 0.365 e. The molecule has 0 radical (unpaired) electrons. The first-order valence-corrected chi connectivity index (χ1v) is 13.2. The van der Waals surface area contributed by atoms with Crippen LogP contribution in [0.1, 0.15) is 45.5 Å². The van der Waals surface area contributed by atoms with E-state index >= 15 is 0 Å². The molecule has 3 aromatic rings. The quantitative estimate of drug-likeness (QED) is 0.317. The molecule has 0 saturated carbocycles. The van der Waals surface area contributed by atoms with Gasteiger partial charge in [0.2, 0.25) is 5.91 Å². The monoisotopic (exact) mass is 515 g/mol. The van der Waals surface area contributed by atoms with Crippen molar-refractivity contribution in [2.45, 2.75) is 44.3 Å². The maximum Gasteiger partial charge on any atom is 0.251 e. The first-order chi connectivity index (χ1) is 16.4. The Morgan fingerprint density at radius 3 is 2.82 bits per heavy atom. The molecule has 1 aromatic carbocycles. The summed E-state index contributed by atoms with van der Waals surface area (Å²) >= 11 is 8.74. The molecule has 2 amide bonds. The van der Waals surface area contributed by atoms with Crippen LogP contribution in [0.15, 0.2) is 42.1 Å². The van der Waals surface area contributed by atoms with Gasteiger partial charge in [-0.25, -0.2) is 0 Å². The highest BCUT2D eigenvalue weighted by Gasteiger charge is 2.27. The van der Waals surface area contributed by atoms with Gasteiger partial charge in [0.05, 0.1) is 11.3 Å². The lowest BCUT2D eigenvalue weighted by Gasteiger charge is -2.18. The minimum Gasteiger partial charge on any atom is -0.365 e. The summed E-state index contributed by atoms with van der Waals surface area (Å²) < 4.78 is 1.94. The zero-order chi connectivity index (χ0) is 24.2. The fraction of sp³-hybridized carbons (Fsp3) is 0.333. The Morgan fingerprint density at radius 1 is 1.35 bits per heavy atom. The molecular weight excluding hydrogens is 490 g/mol. The third kappa shape index (κ3) is 5.54. The van der Waals surface area contributed by atoms with Crippen LogP contribution in [-0.2, 0) is 30.6 Å². The molecule has 10 heteroatoms. The molecule has 1 unspecified atom stereocenters. The lowest BCUT2D eigenvalue weighted by Crippen LogP contribution is -2.20. The van der Waals surface area contributed by atoms with Crippen molar-refractivity contribution >= 4 is 51.5 Å². The third-order valence-corrected chi connectivity index (χ3v) is 8.11.